The molecule has 1 N–H and O–H groups in total. The molecule has 1 atom stereocenters. The molecule has 160 valence electrons. The van der Waals surface area contributed by atoms with Crippen molar-refractivity contribution in [3.05, 3.63) is 24.6 Å². The number of nitrogens with zero attached hydrogens (tertiary/aromatic N) is 1. The molecule has 0 aliphatic carbocycles. The van der Waals surface area contributed by atoms with Gasteiger partial charge in [0.15, 0.2) is 0 Å². The van der Waals surface area contributed by atoms with E-state index in [4.69, 9.17) is 0 Å². The Morgan fingerprint density at radius 3 is 2.19 bits per heavy atom. The van der Waals surface area contributed by atoms with Gasteiger partial charge in [-0.15, -0.1) is 0 Å². The van der Waals surface area contributed by atoms with E-state index in [9.17, 15) is 0 Å². The standard InChI is InChI=1S/C25H50N2/c1-8-15-23(4)17-12-14-21-27(7)25(6)19-11-13-20-26-24(5)18-10-9-16-22(2)3/h22-23,26H,5-6,8-21H2,1-4,7H3. The predicted octanol–water partition coefficient (Wildman–Crippen LogP) is 7.53. The third-order valence-electron chi connectivity index (χ3n) is 5.54. The van der Waals surface area contributed by atoms with Crippen molar-refractivity contribution in [3.8, 4) is 0 Å². The Morgan fingerprint density at radius 1 is 0.852 bits per heavy atom. The van der Waals surface area contributed by atoms with E-state index in [0.29, 0.717) is 0 Å². The van der Waals surface area contributed by atoms with Crippen LogP contribution in [0.4, 0.5) is 0 Å². The van der Waals surface area contributed by atoms with Gasteiger partial charge in [0.1, 0.15) is 0 Å². The molecule has 0 fully saturated rings. The fourth-order valence-electron chi connectivity index (χ4n) is 3.53. The molecule has 0 aliphatic rings. The van der Waals surface area contributed by atoms with Crippen molar-refractivity contribution in [1.82, 2.24) is 10.2 Å². The zero-order valence-corrected chi connectivity index (χ0v) is 19.4. The first-order valence-corrected chi connectivity index (χ1v) is 11.7. The second kappa shape index (κ2) is 17.2. The van der Waals surface area contributed by atoms with Crippen LogP contribution < -0.4 is 5.32 Å². The summed E-state index contributed by atoms with van der Waals surface area (Å²) >= 11 is 0. The van der Waals surface area contributed by atoms with Crippen LogP contribution in [0.5, 0.6) is 0 Å². The summed E-state index contributed by atoms with van der Waals surface area (Å²) < 4.78 is 0. The quantitative estimate of drug-likeness (QED) is 0.234. The van der Waals surface area contributed by atoms with Gasteiger partial charge in [-0.25, -0.2) is 0 Å². The lowest BCUT2D eigenvalue weighted by Gasteiger charge is -2.22. The van der Waals surface area contributed by atoms with E-state index in [2.05, 4.69) is 58.1 Å². The molecule has 0 spiro atoms. The number of hydrogen-bond donors (Lipinski definition) is 1. The lowest BCUT2D eigenvalue weighted by molar-refractivity contribution is 0.369. The van der Waals surface area contributed by atoms with Gasteiger partial charge in [0.05, 0.1) is 0 Å². The Morgan fingerprint density at radius 2 is 1.52 bits per heavy atom. The van der Waals surface area contributed by atoms with Gasteiger partial charge in [0.25, 0.3) is 0 Å². The maximum absolute atomic E-state index is 4.28. The first kappa shape index (κ1) is 26.1. The third-order valence-corrected chi connectivity index (χ3v) is 5.54. The van der Waals surface area contributed by atoms with Crippen molar-refractivity contribution >= 4 is 0 Å². The highest BCUT2D eigenvalue weighted by Gasteiger charge is 2.04. The average Bonchev–Trinajstić information content (AvgIpc) is 2.61. The van der Waals surface area contributed by atoms with Crippen molar-refractivity contribution in [2.24, 2.45) is 11.8 Å². The van der Waals surface area contributed by atoms with E-state index in [0.717, 1.165) is 37.8 Å². The summed E-state index contributed by atoms with van der Waals surface area (Å²) in [5.41, 5.74) is 2.51. The second-order valence-electron chi connectivity index (χ2n) is 9.00. The van der Waals surface area contributed by atoms with Crippen molar-refractivity contribution in [2.45, 2.75) is 105 Å². The molecule has 0 rings (SSSR count). The molecule has 2 nitrogen and oxygen atoms in total. The van der Waals surface area contributed by atoms with Gasteiger partial charge in [-0.2, -0.15) is 0 Å². The Hall–Kier alpha value is -0.920. The molecule has 0 amide bonds. The molecule has 0 radical (unpaired) electrons. The van der Waals surface area contributed by atoms with E-state index in [1.54, 1.807) is 0 Å². The number of unbranched alkanes of at least 4 members (excludes halogenated alkanes) is 3. The van der Waals surface area contributed by atoms with E-state index in [1.807, 2.05) is 0 Å². The van der Waals surface area contributed by atoms with Gasteiger partial charge in [-0.05, 0) is 50.4 Å². The lowest BCUT2D eigenvalue weighted by atomic mass is 9.99. The fraction of sp³-hybridized carbons (Fsp3) is 0.840. The molecule has 27 heavy (non-hydrogen) atoms. The van der Waals surface area contributed by atoms with Crippen LogP contribution >= 0.6 is 0 Å². The summed E-state index contributed by atoms with van der Waals surface area (Å²) in [6.07, 6.45) is 15.3. The summed E-state index contributed by atoms with van der Waals surface area (Å²) in [6.45, 7) is 19.9. The number of rotatable bonds is 19. The molecule has 0 bridgehead atoms. The van der Waals surface area contributed by atoms with Gasteiger partial charge in [0, 0.05) is 31.5 Å². The average molecular weight is 379 g/mol. The van der Waals surface area contributed by atoms with Crippen LogP contribution in [0, 0.1) is 11.8 Å². The Kier molecular flexibility index (Phi) is 16.6. The van der Waals surface area contributed by atoms with Crippen LogP contribution in [0.15, 0.2) is 24.6 Å². The van der Waals surface area contributed by atoms with Crippen LogP contribution in [0.1, 0.15) is 105 Å². The minimum atomic E-state index is 0.821. The van der Waals surface area contributed by atoms with E-state index in [1.165, 1.54) is 75.6 Å². The smallest absolute Gasteiger partial charge is 0.0171 e. The zero-order valence-electron chi connectivity index (χ0n) is 19.4. The predicted molar refractivity (Wildman–Crippen MR) is 124 cm³/mol. The normalized spacial score (nSPS) is 12.2. The summed E-state index contributed by atoms with van der Waals surface area (Å²) in [5, 5.41) is 3.50. The van der Waals surface area contributed by atoms with Crippen molar-refractivity contribution in [3.63, 3.8) is 0 Å². The van der Waals surface area contributed by atoms with Crippen LogP contribution in [-0.2, 0) is 0 Å². The molecule has 0 saturated carbocycles. The van der Waals surface area contributed by atoms with Crippen LogP contribution in [0.2, 0.25) is 0 Å². The molecule has 0 aromatic heterocycles. The molecular formula is C25H50N2. The van der Waals surface area contributed by atoms with E-state index >= 15 is 0 Å². The van der Waals surface area contributed by atoms with Gasteiger partial charge < -0.3 is 10.2 Å². The van der Waals surface area contributed by atoms with Gasteiger partial charge >= 0.3 is 0 Å². The molecule has 2 heteroatoms. The van der Waals surface area contributed by atoms with Crippen LogP contribution in [0.25, 0.3) is 0 Å². The van der Waals surface area contributed by atoms with Crippen LogP contribution in [0.3, 0.4) is 0 Å². The van der Waals surface area contributed by atoms with E-state index < -0.39 is 0 Å². The summed E-state index contributed by atoms with van der Waals surface area (Å²) in [4.78, 5) is 2.37. The van der Waals surface area contributed by atoms with Crippen molar-refractivity contribution in [2.75, 3.05) is 20.1 Å². The van der Waals surface area contributed by atoms with E-state index in [-0.39, 0.29) is 0 Å². The first-order chi connectivity index (χ1) is 12.9. The second-order valence-corrected chi connectivity index (χ2v) is 9.00. The van der Waals surface area contributed by atoms with Gasteiger partial charge in [-0.1, -0.05) is 79.4 Å². The molecule has 1 unspecified atom stereocenters. The zero-order chi connectivity index (χ0) is 20.5. The monoisotopic (exact) mass is 378 g/mol. The largest absolute Gasteiger partial charge is 0.389 e. The number of allylic oxidation sites excluding steroid dienone is 2. The molecule has 0 heterocycles. The van der Waals surface area contributed by atoms with Crippen LogP contribution in [-0.4, -0.2) is 25.0 Å². The minimum absolute atomic E-state index is 0.821. The first-order valence-electron chi connectivity index (χ1n) is 11.7. The number of nitrogens with one attached hydrogen (secondary N) is 1. The Labute approximate surface area is 171 Å². The summed E-state index contributed by atoms with van der Waals surface area (Å²) in [7, 11) is 2.20. The summed E-state index contributed by atoms with van der Waals surface area (Å²) in [6, 6.07) is 0. The SMILES string of the molecule is C=C(CCCCC(C)C)NCCCCC(=C)N(C)CCCCC(C)CCC. The van der Waals surface area contributed by atoms with Crippen molar-refractivity contribution < 1.29 is 0 Å². The molecular weight excluding hydrogens is 328 g/mol. The molecule has 0 aromatic carbocycles. The maximum atomic E-state index is 4.28. The van der Waals surface area contributed by atoms with Gasteiger partial charge in [0.2, 0.25) is 0 Å². The molecule has 0 saturated heterocycles. The minimum Gasteiger partial charge on any atom is -0.389 e. The molecule has 0 aromatic rings. The Bertz CT molecular complexity index is 373. The molecule has 0 aliphatic heterocycles. The highest BCUT2D eigenvalue weighted by atomic mass is 15.1. The number of hydrogen-bond acceptors (Lipinski definition) is 2. The Balaban J connectivity index is 3.57. The highest BCUT2D eigenvalue weighted by molar-refractivity contribution is 4.93. The fourth-order valence-corrected chi connectivity index (χ4v) is 3.53. The van der Waals surface area contributed by atoms with Crippen molar-refractivity contribution in [1.29, 1.82) is 0 Å². The topological polar surface area (TPSA) is 15.3 Å². The lowest BCUT2D eigenvalue weighted by Crippen LogP contribution is -2.19. The highest BCUT2D eigenvalue weighted by Crippen LogP contribution is 2.15. The maximum Gasteiger partial charge on any atom is 0.0171 e. The third kappa shape index (κ3) is 16.9. The van der Waals surface area contributed by atoms with Gasteiger partial charge in [-0.3, -0.25) is 0 Å². The summed E-state index contributed by atoms with van der Waals surface area (Å²) in [5.74, 6) is 1.71.